The topological polar surface area (TPSA) is 32.6 Å². The standard InChI is InChI=1S/C15H11NO/c17-16-15-10-14(11-6-2-1-3-7-11)12-8-4-5-9-13(12)15/h1-10,17H/b16-15-. The van der Waals surface area contributed by atoms with Gasteiger partial charge in [0.05, 0.1) is 0 Å². The molecule has 2 heteroatoms. The van der Waals surface area contributed by atoms with Gasteiger partial charge < -0.3 is 5.21 Å². The van der Waals surface area contributed by atoms with E-state index in [0.717, 1.165) is 22.3 Å². The van der Waals surface area contributed by atoms with Crippen LogP contribution in [0.2, 0.25) is 0 Å². The van der Waals surface area contributed by atoms with Crippen molar-refractivity contribution in [3.05, 3.63) is 77.4 Å². The highest BCUT2D eigenvalue weighted by Crippen LogP contribution is 2.32. The number of hydrogen-bond donors (Lipinski definition) is 1. The Labute approximate surface area is 99.5 Å². The van der Waals surface area contributed by atoms with Crippen molar-refractivity contribution in [1.82, 2.24) is 0 Å². The van der Waals surface area contributed by atoms with Gasteiger partial charge in [0, 0.05) is 5.56 Å². The maximum atomic E-state index is 9.02. The van der Waals surface area contributed by atoms with Crippen LogP contribution in [0.4, 0.5) is 0 Å². The van der Waals surface area contributed by atoms with E-state index in [2.05, 4.69) is 17.3 Å². The predicted octanol–water partition coefficient (Wildman–Crippen LogP) is 3.31. The Morgan fingerprint density at radius 2 is 1.41 bits per heavy atom. The highest BCUT2D eigenvalue weighted by molar-refractivity contribution is 6.21. The molecule has 0 fully saturated rings. The summed E-state index contributed by atoms with van der Waals surface area (Å²) in [4.78, 5) is 0. The lowest BCUT2D eigenvalue weighted by atomic mass is 9.99. The van der Waals surface area contributed by atoms with Crippen molar-refractivity contribution in [2.75, 3.05) is 0 Å². The SMILES string of the molecule is O/N=C1/C=C(c2ccccc2)c2ccccc21. The summed E-state index contributed by atoms with van der Waals surface area (Å²) in [6, 6.07) is 18.1. The highest BCUT2D eigenvalue weighted by atomic mass is 16.4. The number of hydrogen-bond acceptors (Lipinski definition) is 2. The molecule has 3 rings (SSSR count). The molecule has 0 saturated carbocycles. The third-order valence-corrected chi connectivity index (χ3v) is 2.97. The lowest BCUT2D eigenvalue weighted by Gasteiger charge is -2.04. The molecule has 0 aliphatic heterocycles. The molecule has 1 aliphatic rings. The molecule has 2 nitrogen and oxygen atoms in total. The summed E-state index contributed by atoms with van der Waals surface area (Å²) >= 11 is 0. The molecule has 0 saturated heterocycles. The maximum Gasteiger partial charge on any atom is 0.111 e. The summed E-state index contributed by atoms with van der Waals surface area (Å²) in [5.41, 5.74) is 4.97. The normalized spacial score (nSPS) is 15.8. The Morgan fingerprint density at radius 1 is 0.765 bits per heavy atom. The number of fused-ring (bicyclic) bond motifs is 1. The monoisotopic (exact) mass is 221 g/mol. The molecule has 1 N–H and O–H groups in total. The molecule has 0 spiro atoms. The van der Waals surface area contributed by atoms with Crippen LogP contribution < -0.4 is 0 Å². The third kappa shape index (κ3) is 1.54. The van der Waals surface area contributed by atoms with Crippen LogP contribution in [0.15, 0.2) is 65.8 Å². The summed E-state index contributed by atoms with van der Waals surface area (Å²) in [6.45, 7) is 0. The van der Waals surface area contributed by atoms with Crippen LogP contribution in [-0.2, 0) is 0 Å². The Kier molecular flexibility index (Phi) is 2.26. The molecular formula is C15H11NO. The van der Waals surface area contributed by atoms with Crippen LogP contribution >= 0.6 is 0 Å². The maximum absolute atomic E-state index is 9.02. The van der Waals surface area contributed by atoms with Crippen LogP contribution in [0.5, 0.6) is 0 Å². The number of rotatable bonds is 1. The molecule has 0 aromatic heterocycles. The first-order valence-corrected chi connectivity index (χ1v) is 5.49. The second-order valence-electron chi connectivity index (χ2n) is 3.95. The molecular weight excluding hydrogens is 210 g/mol. The van der Waals surface area contributed by atoms with Gasteiger partial charge in [-0.15, -0.1) is 0 Å². The van der Waals surface area contributed by atoms with Crippen LogP contribution in [0, 0.1) is 0 Å². The third-order valence-electron chi connectivity index (χ3n) is 2.97. The van der Waals surface area contributed by atoms with Crippen molar-refractivity contribution < 1.29 is 5.21 Å². The van der Waals surface area contributed by atoms with Crippen molar-refractivity contribution in [2.24, 2.45) is 5.16 Å². The molecule has 82 valence electrons. The minimum Gasteiger partial charge on any atom is -0.410 e. The quantitative estimate of drug-likeness (QED) is 0.581. The zero-order valence-electron chi connectivity index (χ0n) is 9.17. The van der Waals surface area contributed by atoms with E-state index in [9.17, 15) is 0 Å². The fourth-order valence-electron chi connectivity index (χ4n) is 2.17. The second-order valence-corrected chi connectivity index (χ2v) is 3.95. The minimum absolute atomic E-state index is 0.624. The van der Waals surface area contributed by atoms with Gasteiger partial charge in [-0.25, -0.2) is 0 Å². The van der Waals surface area contributed by atoms with Gasteiger partial charge in [0.2, 0.25) is 0 Å². The van der Waals surface area contributed by atoms with Crippen LogP contribution in [0.25, 0.3) is 5.57 Å². The summed E-state index contributed by atoms with van der Waals surface area (Å²) in [6.07, 6.45) is 1.92. The molecule has 0 atom stereocenters. The lowest BCUT2D eigenvalue weighted by Crippen LogP contribution is -1.92. The Hall–Kier alpha value is -2.35. The predicted molar refractivity (Wildman–Crippen MR) is 68.3 cm³/mol. The van der Waals surface area contributed by atoms with E-state index in [1.54, 1.807) is 0 Å². The fourth-order valence-corrected chi connectivity index (χ4v) is 2.17. The average molecular weight is 221 g/mol. The first-order valence-electron chi connectivity index (χ1n) is 5.49. The van der Waals surface area contributed by atoms with Crippen molar-refractivity contribution >= 4 is 11.3 Å². The van der Waals surface area contributed by atoms with Gasteiger partial charge in [-0.3, -0.25) is 0 Å². The smallest absolute Gasteiger partial charge is 0.111 e. The van der Waals surface area contributed by atoms with E-state index in [1.165, 1.54) is 0 Å². The van der Waals surface area contributed by atoms with Gasteiger partial charge in [0.25, 0.3) is 0 Å². The minimum atomic E-state index is 0.624. The first kappa shape index (κ1) is 9.85. The number of nitrogens with zero attached hydrogens (tertiary/aromatic N) is 1. The number of oxime groups is 1. The summed E-state index contributed by atoms with van der Waals surface area (Å²) in [5.74, 6) is 0. The van der Waals surface area contributed by atoms with Gasteiger partial charge in [-0.05, 0) is 22.8 Å². The Balaban J connectivity index is 2.21. The lowest BCUT2D eigenvalue weighted by molar-refractivity contribution is 0.320. The summed E-state index contributed by atoms with van der Waals surface area (Å²) in [5, 5.41) is 12.4. The number of benzene rings is 2. The van der Waals surface area contributed by atoms with E-state index < -0.39 is 0 Å². The molecule has 0 heterocycles. The molecule has 2 aromatic rings. The van der Waals surface area contributed by atoms with E-state index in [0.29, 0.717) is 5.71 Å². The van der Waals surface area contributed by atoms with Crippen LogP contribution in [0.1, 0.15) is 16.7 Å². The highest BCUT2D eigenvalue weighted by Gasteiger charge is 2.20. The molecule has 0 unspecified atom stereocenters. The largest absolute Gasteiger partial charge is 0.410 e. The summed E-state index contributed by atoms with van der Waals surface area (Å²) in [7, 11) is 0. The van der Waals surface area contributed by atoms with Gasteiger partial charge in [-0.1, -0.05) is 59.8 Å². The van der Waals surface area contributed by atoms with Crippen molar-refractivity contribution in [3.63, 3.8) is 0 Å². The number of allylic oxidation sites excluding steroid dienone is 1. The molecule has 1 aliphatic carbocycles. The fraction of sp³-hybridized carbons (Fsp3) is 0. The van der Waals surface area contributed by atoms with Gasteiger partial charge in [0.1, 0.15) is 5.71 Å². The zero-order chi connectivity index (χ0) is 11.7. The van der Waals surface area contributed by atoms with E-state index in [4.69, 9.17) is 5.21 Å². The zero-order valence-corrected chi connectivity index (χ0v) is 9.17. The molecule has 0 bridgehead atoms. The van der Waals surface area contributed by atoms with Gasteiger partial charge >= 0.3 is 0 Å². The average Bonchev–Trinajstić information content (AvgIpc) is 2.78. The van der Waals surface area contributed by atoms with E-state index >= 15 is 0 Å². The van der Waals surface area contributed by atoms with Crippen molar-refractivity contribution in [3.8, 4) is 0 Å². The first-order chi connectivity index (χ1) is 8.40. The van der Waals surface area contributed by atoms with Crippen LogP contribution in [-0.4, -0.2) is 10.9 Å². The molecule has 2 aromatic carbocycles. The molecule has 0 amide bonds. The summed E-state index contributed by atoms with van der Waals surface area (Å²) < 4.78 is 0. The molecule has 0 radical (unpaired) electrons. The van der Waals surface area contributed by atoms with Crippen LogP contribution in [0.3, 0.4) is 0 Å². The van der Waals surface area contributed by atoms with E-state index in [1.807, 2.05) is 48.5 Å². The van der Waals surface area contributed by atoms with Gasteiger partial charge in [-0.2, -0.15) is 0 Å². The van der Waals surface area contributed by atoms with Gasteiger partial charge in [0.15, 0.2) is 0 Å². The Morgan fingerprint density at radius 3 is 2.12 bits per heavy atom. The van der Waals surface area contributed by atoms with Crippen molar-refractivity contribution in [1.29, 1.82) is 0 Å². The second kappa shape index (κ2) is 3.91. The van der Waals surface area contributed by atoms with Crippen molar-refractivity contribution in [2.45, 2.75) is 0 Å². The Bertz CT molecular complexity index is 612. The molecule has 17 heavy (non-hydrogen) atoms. The van der Waals surface area contributed by atoms with E-state index in [-0.39, 0.29) is 0 Å².